The smallest absolute Gasteiger partial charge is 0.293 e. The third kappa shape index (κ3) is 4.64. The summed E-state index contributed by atoms with van der Waals surface area (Å²) >= 11 is 10.5. The summed E-state index contributed by atoms with van der Waals surface area (Å²) in [5.41, 5.74) is 1.43. The van der Waals surface area contributed by atoms with Crippen LogP contribution in [0.5, 0.6) is 5.75 Å². The van der Waals surface area contributed by atoms with Gasteiger partial charge in [-0.25, -0.2) is 0 Å². The van der Waals surface area contributed by atoms with Crippen molar-refractivity contribution < 1.29 is 14.3 Å². The number of thioether (sulfide) groups is 1. The maximum atomic E-state index is 12.8. The Bertz CT molecular complexity index is 945. The fourth-order valence-corrected chi connectivity index (χ4v) is 3.89. The van der Waals surface area contributed by atoms with E-state index in [1.165, 1.54) is 4.90 Å². The van der Waals surface area contributed by atoms with Crippen LogP contribution in [-0.2, 0) is 11.3 Å². The molecule has 2 aromatic carbocycles. The minimum Gasteiger partial charge on any atom is -0.489 e. The van der Waals surface area contributed by atoms with Crippen LogP contribution in [-0.4, -0.2) is 22.7 Å². The number of hydrogen-bond donors (Lipinski definition) is 0. The van der Waals surface area contributed by atoms with Crippen molar-refractivity contribution in [2.75, 3.05) is 6.61 Å². The van der Waals surface area contributed by atoms with Gasteiger partial charge in [0.25, 0.3) is 11.1 Å². The van der Waals surface area contributed by atoms with Gasteiger partial charge < -0.3 is 4.74 Å². The highest BCUT2D eigenvalue weighted by Gasteiger charge is 2.35. The predicted molar refractivity (Wildman–Crippen MR) is 113 cm³/mol. The SMILES string of the molecule is C=CCOc1ccc(Br)cc1/C=C1/SC(=O)N(Cc2ccccc2Cl)C1=O. The minimum absolute atomic E-state index is 0.139. The van der Waals surface area contributed by atoms with Crippen LogP contribution in [0.1, 0.15) is 11.1 Å². The molecule has 0 atom stereocenters. The lowest BCUT2D eigenvalue weighted by molar-refractivity contribution is -0.123. The molecule has 0 aromatic heterocycles. The van der Waals surface area contributed by atoms with Crippen LogP contribution in [0.15, 0.2) is 64.5 Å². The van der Waals surface area contributed by atoms with Crippen molar-refractivity contribution in [2.24, 2.45) is 0 Å². The molecule has 0 saturated carbocycles. The topological polar surface area (TPSA) is 46.6 Å². The quantitative estimate of drug-likeness (QED) is 0.394. The number of carbonyl (C=O) groups is 2. The van der Waals surface area contributed by atoms with Crippen molar-refractivity contribution in [3.8, 4) is 5.75 Å². The molecule has 3 rings (SSSR count). The zero-order chi connectivity index (χ0) is 19.4. The Morgan fingerprint density at radius 2 is 2.00 bits per heavy atom. The summed E-state index contributed by atoms with van der Waals surface area (Å²) in [5, 5.41) is 0.197. The fourth-order valence-electron chi connectivity index (χ4n) is 2.49. The lowest BCUT2D eigenvalue weighted by atomic mass is 10.1. The number of hydrogen-bond acceptors (Lipinski definition) is 4. The first kappa shape index (κ1) is 19.7. The van der Waals surface area contributed by atoms with Crippen molar-refractivity contribution in [1.29, 1.82) is 0 Å². The second kappa shape index (κ2) is 8.78. The molecule has 2 aromatic rings. The average Bonchev–Trinajstić information content (AvgIpc) is 2.90. The molecule has 2 amide bonds. The number of amides is 2. The van der Waals surface area contributed by atoms with Gasteiger partial charge in [0, 0.05) is 15.1 Å². The number of ether oxygens (including phenoxy) is 1. The maximum absolute atomic E-state index is 12.8. The molecule has 0 bridgehead atoms. The molecule has 1 aliphatic heterocycles. The van der Waals surface area contributed by atoms with E-state index < -0.39 is 0 Å². The van der Waals surface area contributed by atoms with Gasteiger partial charge in [-0.15, -0.1) is 0 Å². The van der Waals surface area contributed by atoms with Gasteiger partial charge in [0.05, 0.1) is 11.4 Å². The number of halogens is 2. The highest BCUT2D eigenvalue weighted by Crippen LogP contribution is 2.36. The first-order valence-electron chi connectivity index (χ1n) is 8.01. The third-order valence-electron chi connectivity index (χ3n) is 3.78. The Morgan fingerprint density at radius 3 is 2.74 bits per heavy atom. The van der Waals surface area contributed by atoms with Crippen LogP contribution in [0.3, 0.4) is 0 Å². The van der Waals surface area contributed by atoms with Crippen molar-refractivity contribution in [2.45, 2.75) is 6.54 Å². The van der Waals surface area contributed by atoms with E-state index in [-0.39, 0.29) is 17.7 Å². The van der Waals surface area contributed by atoms with Crippen molar-refractivity contribution in [3.05, 3.63) is 80.6 Å². The standard InChI is InChI=1S/C20H15BrClNO3S/c1-2-9-26-17-8-7-15(21)10-14(17)11-18-19(24)23(20(25)27-18)12-13-5-3-4-6-16(13)22/h2-8,10-11H,1,9,12H2/b18-11+. The molecule has 0 spiro atoms. The number of rotatable bonds is 6. The Balaban J connectivity index is 1.87. The molecule has 1 aliphatic rings. The molecule has 27 heavy (non-hydrogen) atoms. The lowest BCUT2D eigenvalue weighted by Crippen LogP contribution is -2.27. The molecular weight excluding hydrogens is 450 g/mol. The van der Waals surface area contributed by atoms with Gasteiger partial charge in [0.2, 0.25) is 0 Å². The van der Waals surface area contributed by atoms with Gasteiger partial charge >= 0.3 is 0 Å². The van der Waals surface area contributed by atoms with E-state index in [1.807, 2.05) is 18.2 Å². The molecule has 0 radical (unpaired) electrons. The molecule has 0 aliphatic carbocycles. The summed E-state index contributed by atoms with van der Waals surface area (Å²) in [4.78, 5) is 26.6. The Morgan fingerprint density at radius 1 is 1.22 bits per heavy atom. The van der Waals surface area contributed by atoms with Crippen LogP contribution in [0.25, 0.3) is 6.08 Å². The molecule has 138 valence electrons. The molecule has 0 unspecified atom stereocenters. The summed E-state index contributed by atoms with van der Waals surface area (Å²) < 4.78 is 6.47. The highest BCUT2D eigenvalue weighted by molar-refractivity contribution is 9.10. The summed E-state index contributed by atoms with van der Waals surface area (Å²) in [6.45, 7) is 4.12. The van der Waals surface area contributed by atoms with E-state index in [4.69, 9.17) is 16.3 Å². The normalized spacial score (nSPS) is 15.5. The zero-order valence-corrected chi connectivity index (χ0v) is 17.3. The van der Waals surface area contributed by atoms with Gasteiger partial charge in [0.1, 0.15) is 12.4 Å². The van der Waals surface area contributed by atoms with Crippen LogP contribution >= 0.6 is 39.3 Å². The van der Waals surface area contributed by atoms with Crippen molar-refractivity contribution in [3.63, 3.8) is 0 Å². The van der Waals surface area contributed by atoms with Crippen LogP contribution in [0, 0.1) is 0 Å². The zero-order valence-electron chi connectivity index (χ0n) is 14.2. The predicted octanol–water partition coefficient (Wildman–Crippen LogP) is 5.90. The summed E-state index contributed by atoms with van der Waals surface area (Å²) in [6, 6.07) is 12.6. The third-order valence-corrected chi connectivity index (χ3v) is 5.54. The Labute approximate surface area is 175 Å². The molecule has 4 nitrogen and oxygen atoms in total. The Kier molecular flexibility index (Phi) is 6.42. The highest BCUT2D eigenvalue weighted by atomic mass is 79.9. The van der Waals surface area contributed by atoms with Gasteiger partial charge in [-0.1, -0.05) is 58.4 Å². The van der Waals surface area contributed by atoms with Crippen LogP contribution < -0.4 is 4.74 Å². The van der Waals surface area contributed by atoms with Crippen molar-refractivity contribution in [1.82, 2.24) is 4.90 Å². The molecule has 1 heterocycles. The van der Waals surface area contributed by atoms with Crippen LogP contribution in [0.2, 0.25) is 5.02 Å². The minimum atomic E-state index is -0.348. The van der Waals surface area contributed by atoms with E-state index in [0.29, 0.717) is 27.8 Å². The largest absolute Gasteiger partial charge is 0.489 e. The fraction of sp³-hybridized carbons (Fsp3) is 0.100. The van der Waals surface area contributed by atoms with Gasteiger partial charge in [-0.05, 0) is 47.7 Å². The number of carbonyl (C=O) groups excluding carboxylic acids is 2. The summed E-state index contributed by atoms with van der Waals surface area (Å²) in [7, 11) is 0. The van der Waals surface area contributed by atoms with Crippen LogP contribution in [0.4, 0.5) is 4.79 Å². The molecular formula is C20H15BrClNO3S. The average molecular weight is 465 g/mol. The van der Waals surface area contributed by atoms with E-state index in [9.17, 15) is 9.59 Å². The van der Waals surface area contributed by atoms with Gasteiger partial charge in [-0.2, -0.15) is 0 Å². The summed E-state index contributed by atoms with van der Waals surface area (Å²) in [6.07, 6.45) is 3.31. The van der Waals surface area contributed by atoms with Crippen molar-refractivity contribution >= 4 is 56.5 Å². The van der Waals surface area contributed by atoms with E-state index in [2.05, 4.69) is 22.5 Å². The number of nitrogens with zero attached hydrogens (tertiary/aromatic N) is 1. The maximum Gasteiger partial charge on any atom is 0.293 e. The second-order valence-electron chi connectivity index (χ2n) is 5.64. The molecule has 1 saturated heterocycles. The first-order chi connectivity index (χ1) is 13.0. The molecule has 7 heteroatoms. The summed E-state index contributed by atoms with van der Waals surface area (Å²) in [5.74, 6) is 0.260. The second-order valence-corrected chi connectivity index (χ2v) is 7.96. The molecule has 1 fully saturated rings. The van der Waals surface area contributed by atoms with E-state index in [0.717, 1.165) is 21.8 Å². The monoisotopic (exact) mass is 463 g/mol. The van der Waals surface area contributed by atoms with Gasteiger partial charge in [-0.3, -0.25) is 14.5 Å². The molecule has 0 N–H and O–H groups in total. The number of benzene rings is 2. The first-order valence-corrected chi connectivity index (χ1v) is 10.0. The lowest BCUT2D eigenvalue weighted by Gasteiger charge is -2.13. The van der Waals surface area contributed by atoms with Gasteiger partial charge in [0.15, 0.2) is 0 Å². The van der Waals surface area contributed by atoms with E-state index in [1.54, 1.807) is 36.4 Å². The Hall–Kier alpha value is -2.02. The van der Waals surface area contributed by atoms with E-state index >= 15 is 0 Å². The number of imide groups is 1.